The Bertz CT molecular complexity index is 495. The van der Waals surface area contributed by atoms with Crippen LogP contribution in [-0.2, 0) is 4.79 Å². The van der Waals surface area contributed by atoms with Crippen molar-refractivity contribution in [3.05, 3.63) is 22.7 Å². The fourth-order valence-corrected chi connectivity index (χ4v) is 2.48. The smallest absolute Gasteiger partial charge is 0.244 e. The Morgan fingerprint density at radius 2 is 2.11 bits per heavy atom. The summed E-state index contributed by atoms with van der Waals surface area (Å²) < 4.78 is 0.929. The zero-order valence-corrected chi connectivity index (χ0v) is 13.1. The van der Waals surface area contributed by atoms with Crippen LogP contribution >= 0.6 is 15.9 Å². The summed E-state index contributed by atoms with van der Waals surface area (Å²) >= 11 is 3.43. The van der Waals surface area contributed by atoms with Crippen molar-refractivity contribution in [2.24, 2.45) is 11.7 Å². The van der Waals surface area contributed by atoms with Gasteiger partial charge in [-0.3, -0.25) is 4.79 Å². The van der Waals surface area contributed by atoms with Crippen molar-refractivity contribution >= 4 is 33.2 Å². The minimum atomic E-state index is -0.786. The molecule has 19 heavy (non-hydrogen) atoms. The van der Waals surface area contributed by atoms with E-state index in [1.807, 2.05) is 44.1 Å². The van der Waals surface area contributed by atoms with Gasteiger partial charge in [0, 0.05) is 18.6 Å². The predicted molar refractivity (Wildman–Crippen MR) is 82.4 cm³/mol. The molecule has 1 aromatic rings. The highest BCUT2D eigenvalue weighted by atomic mass is 79.9. The van der Waals surface area contributed by atoms with E-state index >= 15 is 0 Å². The number of nitrogens with zero attached hydrogens (tertiary/aromatic N) is 1. The van der Waals surface area contributed by atoms with Crippen molar-refractivity contribution in [1.82, 2.24) is 0 Å². The van der Waals surface area contributed by atoms with Crippen molar-refractivity contribution in [3.8, 4) is 0 Å². The van der Waals surface area contributed by atoms with E-state index in [4.69, 9.17) is 5.73 Å². The highest BCUT2D eigenvalue weighted by Crippen LogP contribution is 2.39. The molecule has 2 rings (SSSR count). The molecule has 1 amide bonds. The molecular formula is C14H20BrN3O. The molecule has 0 aliphatic heterocycles. The summed E-state index contributed by atoms with van der Waals surface area (Å²) in [6.45, 7) is 1.81. The lowest BCUT2D eigenvalue weighted by atomic mass is 9.96. The Morgan fingerprint density at radius 1 is 1.47 bits per heavy atom. The first-order valence-corrected chi connectivity index (χ1v) is 7.19. The van der Waals surface area contributed by atoms with E-state index in [2.05, 4.69) is 21.2 Å². The lowest BCUT2D eigenvalue weighted by Crippen LogP contribution is -2.50. The number of halogens is 1. The average Bonchev–Trinajstić information content (AvgIpc) is 3.12. The van der Waals surface area contributed by atoms with Gasteiger partial charge in [-0.2, -0.15) is 0 Å². The van der Waals surface area contributed by atoms with Gasteiger partial charge in [0.2, 0.25) is 5.91 Å². The SMILES string of the molecule is CN(C)c1ccc(Br)cc1NC(=O)C(C)(N)C1CC1. The zero-order valence-electron chi connectivity index (χ0n) is 11.5. The maximum absolute atomic E-state index is 12.3. The van der Waals surface area contributed by atoms with E-state index in [9.17, 15) is 4.79 Å². The Labute approximate surface area is 122 Å². The fourth-order valence-electron chi connectivity index (χ4n) is 2.12. The van der Waals surface area contributed by atoms with Crippen molar-refractivity contribution in [1.29, 1.82) is 0 Å². The highest BCUT2D eigenvalue weighted by Gasteiger charge is 2.44. The van der Waals surface area contributed by atoms with E-state index in [-0.39, 0.29) is 5.91 Å². The summed E-state index contributed by atoms with van der Waals surface area (Å²) in [6.07, 6.45) is 2.08. The van der Waals surface area contributed by atoms with Gasteiger partial charge in [-0.25, -0.2) is 0 Å². The second kappa shape index (κ2) is 5.13. The maximum Gasteiger partial charge on any atom is 0.244 e. The van der Waals surface area contributed by atoms with Gasteiger partial charge in [0.1, 0.15) is 0 Å². The molecule has 0 radical (unpaired) electrons. The molecular weight excluding hydrogens is 306 g/mol. The van der Waals surface area contributed by atoms with Crippen molar-refractivity contribution in [3.63, 3.8) is 0 Å². The Balaban J connectivity index is 2.22. The summed E-state index contributed by atoms with van der Waals surface area (Å²) in [5.41, 5.74) is 7.10. The molecule has 1 saturated carbocycles. The molecule has 1 aliphatic carbocycles. The number of nitrogens with one attached hydrogen (secondary N) is 1. The molecule has 104 valence electrons. The molecule has 0 bridgehead atoms. The van der Waals surface area contributed by atoms with Crippen LogP contribution in [0.2, 0.25) is 0 Å². The molecule has 0 saturated heterocycles. The van der Waals surface area contributed by atoms with E-state index in [1.165, 1.54) is 0 Å². The topological polar surface area (TPSA) is 58.4 Å². The third-order valence-corrected chi connectivity index (χ3v) is 4.10. The number of carbonyl (C=O) groups excluding carboxylic acids is 1. The van der Waals surface area contributed by atoms with Gasteiger partial charge in [-0.15, -0.1) is 0 Å². The van der Waals surface area contributed by atoms with Gasteiger partial charge in [0.15, 0.2) is 0 Å². The highest BCUT2D eigenvalue weighted by molar-refractivity contribution is 9.10. The number of benzene rings is 1. The monoisotopic (exact) mass is 325 g/mol. The van der Waals surface area contributed by atoms with E-state index < -0.39 is 5.54 Å². The zero-order chi connectivity index (χ0) is 14.2. The number of rotatable bonds is 4. The van der Waals surface area contributed by atoms with Crippen LogP contribution in [0.1, 0.15) is 19.8 Å². The van der Waals surface area contributed by atoms with Crippen LogP contribution < -0.4 is 16.0 Å². The number of nitrogens with two attached hydrogens (primary N) is 1. The molecule has 1 unspecified atom stereocenters. The molecule has 4 nitrogen and oxygen atoms in total. The summed E-state index contributed by atoms with van der Waals surface area (Å²) in [5.74, 6) is 0.193. The Morgan fingerprint density at radius 3 is 2.63 bits per heavy atom. The maximum atomic E-state index is 12.3. The Kier molecular flexibility index (Phi) is 3.87. The second-order valence-electron chi connectivity index (χ2n) is 5.57. The van der Waals surface area contributed by atoms with Crippen LogP contribution in [0.3, 0.4) is 0 Å². The van der Waals surface area contributed by atoms with Gasteiger partial charge in [-0.05, 0) is 43.9 Å². The molecule has 0 spiro atoms. The van der Waals surface area contributed by atoms with Crippen LogP contribution in [0.4, 0.5) is 11.4 Å². The average molecular weight is 326 g/mol. The van der Waals surface area contributed by atoms with E-state index in [0.717, 1.165) is 28.7 Å². The molecule has 1 aromatic carbocycles. The number of anilines is 2. The normalized spacial score (nSPS) is 17.7. The molecule has 1 fully saturated rings. The molecule has 1 aliphatic rings. The molecule has 1 atom stereocenters. The van der Waals surface area contributed by atoms with Crippen molar-refractivity contribution < 1.29 is 4.79 Å². The first-order valence-electron chi connectivity index (χ1n) is 6.39. The third kappa shape index (κ3) is 3.09. The predicted octanol–water partition coefficient (Wildman–Crippen LogP) is 2.58. The van der Waals surface area contributed by atoms with E-state index in [1.54, 1.807) is 0 Å². The van der Waals surface area contributed by atoms with Crippen LogP contribution in [-0.4, -0.2) is 25.5 Å². The molecule has 0 heterocycles. The second-order valence-corrected chi connectivity index (χ2v) is 6.48. The van der Waals surface area contributed by atoms with Gasteiger partial charge < -0.3 is 16.0 Å². The third-order valence-electron chi connectivity index (χ3n) is 3.60. The lowest BCUT2D eigenvalue weighted by Gasteiger charge is -2.25. The molecule has 5 heteroatoms. The number of amides is 1. The minimum absolute atomic E-state index is 0.115. The van der Waals surface area contributed by atoms with Gasteiger partial charge in [0.25, 0.3) is 0 Å². The Hall–Kier alpha value is -1.07. The largest absolute Gasteiger partial charge is 0.376 e. The minimum Gasteiger partial charge on any atom is -0.376 e. The number of carbonyl (C=O) groups is 1. The summed E-state index contributed by atoms with van der Waals surface area (Å²) in [4.78, 5) is 14.3. The summed E-state index contributed by atoms with van der Waals surface area (Å²) in [6, 6.07) is 5.81. The summed E-state index contributed by atoms with van der Waals surface area (Å²) in [5, 5.41) is 2.96. The van der Waals surface area contributed by atoms with Gasteiger partial charge in [-0.1, -0.05) is 15.9 Å². The first-order chi connectivity index (χ1) is 8.82. The number of hydrogen-bond donors (Lipinski definition) is 2. The van der Waals surface area contributed by atoms with Gasteiger partial charge >= 0.3 is 0 Å². The van der Waals surface area contributed by atoms with Crippen LogP contribution in [0.25, 0.3) is 0 Å². The molecule has 3 N–H and O–H groups in total. The van der Waals surface area contributed by atoms with Crippen molar-refractivity contribution in [2.75, 3.05) is 24.3 Å². The van der Waals surface area contributed by atoms with Gasteiger partial charge in [0.05, 0.1) is 16.9 Å². The van der Waals surface area contributed by atoms with Crippen molar-refractivity contribution in [2.45, 2.75) is 25.3 Å². The number of hydrogen-bond acceptors (Lipinski definition) is 3. The summed E-state index contributed by atoms with van der Waals surface area (Å²) in [7, 11) is 3.89. The van der Waals surface area contributed by atoms with Crippen LogP contribution in [0.5, 0.6) is 0 Å². The lowest BCUT2D eigenvalue weighted by molar-refractivity contribution is -0.121. The first kappa shape index (κ1) is 14.3. The molecule has 0 aromatic heterocycles. The van der Waals surface area contributed by atoms with Crippen LogP contribution in [0, 0.1) is 5.92 Å². The van der Waals surface area contributed by atoms with Crippen LogP contribution in [0.15, 0.2) is 22.7 Å². The quantitative estimate of drug-likeness (QED) is 0.894. The standard InChI is InChI=1S/C14H20BrN3O/c1-14(16,9-4-5-9)13(19)17-11-8-10(15)6-7-12(11)18(2)3/h6-9H,4-5,16H2,1-3H3,(H,17,19). The van der Waals surface area contributed by atoms with E-state index in [0.29, 0.717) is 5.92 Å². The fraction of sp³-hybridized carbons (Fsp3) is 0.500.